The largest absolute Gasteiger partial charge is 0.323 e. The van der Waals surface area contributed by atoms with Crippen LogP contribution in [0.25, 0.3) is 5.69 Å². The molecule has 2 heterocycles. The molecule has 0 fully saturated rings. The van der Waals surface area contributed by atoms with E-state index in [0.29, 0.717) is 23.1 Å². The lowest BCUT2D eigenvalue weighted by Gasteiger charge is -2.08. The molecule has 8 heteroatoms. The molecule has 0 unspecified atom stereocenters. The van der Waals surface area contributed by atoms with Gasteiger partial charge >= 0.3 is 0 Å². The van der Waals surface area contributed by atoms with Gasteiger partial charge in [0.15, 0.2) is 0 Å². The van der Waals surface area contributed by atoms with Crippen molar-refractivity contribution in [2.24, 2.45) is 0 Å². The fourth-order valence-corrected chi connectivity index (χ4v) is 2.94. The first-order chi connectivity index (χ1) is 13.6. The van der Waals surface area contributed by atoms with Gasteiger partial charge in [-0.05, 0) is 42.8 Å². The number of nitrogens with one attached hydrogen (secondary N) is 1. The highest BCUT2D eigenvalue weighted by molar-refractivity contribution is 6.30. The molecule has 4 rings (SSSR count). The van der Waals surface area contributed by atoms with E-state index in [2.05, 4.69) is 26.5 Å². The van der Waals surface area contributed by atoms with Crippen LogP contribution in [0.4, 0.5) is 11.6 Å². The highest BCUT2D eigenvalue weighted by Gasteiger charge is 2.08. The molecule has 138 valence electrons. The van der Waals surface area contributed by atoms with Gasteiger partial charge in [-0.1, -0.05) is 23.7 Å². The quantitative estimate of drug-likeness (QED) is 0.555. The molecule has 0 saturated carbocycles. The molecule has 0 aliphatic rings. The number of nitriles is 1. The molecule has 7 nitrogen and oxygen atoms in total. The predicted molar refractivity (Wildman–Crippen MR) is 107 cm³/mol. The summed E-state index contributed by atoms with van der Waals surface area (Å²) >= 11 is 5.91. The first-order valence-electron chi connectivity index (χ1n) is 8.57. The van der Waals surface area contributed by atoms with E-state index in [1.54, 1.807) is 23.4 Å². The number of aryl methyl sites for hydroxylation is 1. The summed E-state index contributed by atoms with van der Waals surface area (Å²) < 4.78 is 3.57. The minimum Gasteiger partial charge on any atom is -0.323 e. The summed E-state index contributed by atoms with van der Waals surface area (Å²) in [6, 6.07) is 15.3. The zero-order valence-electron chi connectivity index (χ0n) is 15.0. The van der Waals surface area contributed by atoms with Gasteiger partial charge in [0.1, 0.15) is 12.4 Å². The van der Waals surface area contributed by atoms with Crippen molar-refractivity contribution in [1.29, 1.82) is 5.26 Å². The van der Waals surface area contributed by atoms with E-state index in [1.165, 1.54) is 0 Å². The Labute approximate surface area is 166 Å². The monoisotopic (exact) mass is 389 g/mol. The summed E-state index contributed by atoms with van der Waals surface area (Å²) in [5, 5.41) is 17.8. The molecular formula is C20H16ClN7. The number of aromatic nitrogens is 5. The molecule has 2 aromatic heterocycles. The molecule has 28 heavy (non-hydrogen) atoms. The number of anilines is 2. The average Bonchev–Trinajstić information content (AvgIpc) is 3.32. The van der Waals surface area contributed by atoms with Crippen molar-refractivity contribution in [2.45, 2.75) is 13.5 Å². The molecule has 0 aliphatic carbocycles. The number of benzene rings is 2. The third-order valence-corrected chi connectivity index (χ3v) is 4.41. The van der Waals surface area contributed by atoms with Crippen LogP contribution in [0.2, 0.25) is 5.02 Å². The highest BCUT2D eigenvalue weighted by Crippen LogP contribution is 2.21. The van der Waals surface area contributed by atoms with Crippen molar-refractivity contribution in [2.75, 3.05) is 5.32 Å². The zero-order chi connectivity index (χ0) is 19.5. The summed E-state index contributed by atoms with van der Waals surface area (Å²) in [6.07, 6.45) is 5.23. The van der Waals surface area contributed by atoms with Crippen LogP contribution >= 0.6 is 11.6 Å². The van der Waals surface area contributed by atoms with Crippen molar-refractivity contribution < 1.29 is 0 Å². The Morgan fingerprint density at radius 2 is 1.93 bits per heavy atom. The number of hydrogen-bond donors (Lipinski definition) is 1. The second-order valence-electron chi connectivity index (χ2n) is 6.28. The van der Waals surface area contributed by atoms with Gasteiger partial charge in [0.05, 0.1) is 29.8 Å². The van der Waals surface area contributed by atoms with Gasteiger partial charge in [-0.25, -0.2) is 14.6 Å². The van der Waals surface area contributed by atoms with Crippen LogP contribution in [0.5, 0.6) is 0 Å². The van der Waals surface area contributed by atoms with Gasteiger partial charge in [-0.15, -0.1) is 5.10 Å². The first-order valence-corrected chi connectivity index (χ1v) is 8.94. The third kappa shape index (κ3) is 3.87. The van der Waals surface area contributed by atoms with Crippen molar-refractivity contribution in [3.8, 4) is 11.8 Å². The molecule has 1 N–H and O–H groups in total. The first kappa shape index (κ1) is 17.8. The summed E-state index contributed by atoms with van der Waals surface area (Å²) in [4.78, 5) is 8.49. The van der Waals surface area contributed by atoms with Gasteiger partial charge in [0.2, 0.25) is 5.95 Å². The number of hydrogen-bond acceptors (Lipinski definition) is 5. The lowest BCUT2D eigenvalue weighted by molar-refractivity contribution is 0.687. The Kier molecular flexibility index (Phi) is 4.79. The van der Waals surface area contributed by atoms with Crippen LogP contribution in [0.3, 0.4) is 0 Å². The molecule has 0 spiro atoms. The number of halogens is 1. The van der Waals surface area contributed by atoms with Gasteiger partial charge in [0.25, 0.3) is 0 Å². The molecule has 2 aromatic carbocycles. The average molecular weight is 390 g/mol. The van der Waals surface area contributed by atoms with Crippen molar-refractivity contribution in [3.05, 3.63) is 83.2 Å². The van der Waals surface area contributed by atoms with Crippen LogP contribution in [-0.2, 0) is 6.54 Å². The molecule has 0 aliphatic heterocycles. The van der Waals surface area contributed by atoms with Gasteiger partial charge in [-0.3, -0.25) is 0 Å². The van der Waals surface area contributed by atoms with E-state index < -0.39 is 0 Å². The topological polar surface area (TPSA) is 84.4 Å². The summed E-state index contributed by atoms with van der Waals surface area (Å²) in [5.41, 5.74) is 4.01. The second kappa shape index (κ2) is 7.55. The lowest BCUT2D eigenvalue weighted by Crippen LogP contribution is -2.01. The molecule has 0 amide bonds. The maximum Gasteiger partial charge on any atom is 0.246 e. The second-order valence-corrected chi connectivity index (χ2v) is 6.72. The van der Waals surface area contributed by atoms with Crippen molar-refractivity contribution in [1.82, 2.24) is 24.3 Å². The van der Waals surface area contributed by atoms with E-state index in [4.69, 9.17) is 11.6 Å². The van der Waals surface area contributed by atoms with Crippen LogP contribution in [0.1, 0.15) is 16.8 Å². The summed E-state index contributed by atoms with van der Waals surface area (Å²) in [6.45, 7) is 2.50. The van der Waals surface area contributed by atoms with Crippen molar-refractivity contribution in [3.63, 3.8) is 0 Å². The smallest absolute Gasteiger partial charge is 0.246 e. The zero-order valence-corrected chi connectivity index (χ0v) is 15.8. The third-order valence-electron chi connectivity index (χ3n) is 4.16. The lowest BCUT2D eigenvalue weighted by atomic mass is 10.1. The van der Waals surface area contributed by atoms with Gasteiger partial charge < -0.3 is 9.88 Å². The Balaban J connectivity index is 1.51. The molecular weight excluding hydrogens is 374 g/mol. The normalized spacial score (nSPS) is 10.6. The highest BCUT2D eigenvalue weighted by atomic mass is 35.5. The number of imidazole rings is 1. The number of rotatable bonds is 5. The van der Waals surface area contributed by atoms with Gasteiger partial charge in [-0.2, -0.15) is 5.26 Å². The minimum absolute atomic E-state index is 0.462. The van der Waals surface area contributed by atoms with E-state index in [0.717, 1.165) is 22.6 Å². The fourth-order valence-electron chi connectivity index (χ4n) is 2.82. The molecule has 0 bridgehead atoms. The summed E-state index contributed by atoms with van der Waals surface area (Å²) in [5.74, 6) is 0.462. The Hall–Kier alpha value is -3.63. The Morgan fingerprint density at radius 3 is 2.64 bits per heavy atom. The minimum atomic E-state index is 0.462. The summed E-state index contributed by atoms with van der Waals surface area (Å²) in [7, 11) is 0. The predicted octanol–water partition coefficient (Wildman–Crippen LogP) is 4.09. The van der Waals surface area contributed by atoms with E-state index in [9.17, 15) is 5.26 Å². The van der Waals surface area contributed by atoms with Crippen LogP contribution < -0.4 is 5.32 Å². The fraction of sp³-hybridized carbons (Fsp3) is 0.100. The van der Waals surface area contributed by atoms with Crippen LogP contribution in [-0.4, -0.2) is 24.3 Å². The van der Waals surface area contributed by atoms with Gasteiger partial charge in [0, 0.05) is 16.9 Å². The van der Waals surface area contributed by atoms with E-state index >= 15 is 0 Å². The molecule has 0 saturated heterocycles. The standard InChI is InChI=1S/C20H16ClN7/c1-14-10-27(12-23-14)19-7-6-18(8-16(19)9-22)25-20-24-13-28(26-20)11-15-2-4-17(21)5-3-15/h2-8,10,12-13H,11H2,1H3,(H,25,26). The SMILES string of the molecule is Cc1cn(-c2ccc(Nc3ncn(Cc4ccc(Cl)cc4)n3)cc2C#N)cn1. The van der Waals surface area contributed by atoms with Crippen LogP contribution in [0.15, 0.2) is 61.3 Å². The maximum atomic E-state index is 9.51. The molecule has 0 atom stereocenters. The Bertz CT molecular complexity index is 1150. The van der Waals surface area contributed by atoms with Crippen molar-refractivity contribution >= 4 is 23.2 Å². The molecule has 0 radical (unpaired) electrons. The van der Waals surface area contributed by atoms with E-state index in [-0.39, 0.29) is 0 Å². The Morgan fingerprint density at radius 1 is 1.11 bits per heavy atom. The maximum absolute atomic E-state index is 9.51. The number of nitrogens with zero attached hydrogens (tertiary/aromatic N) is 6. The van der Waals surface area contributed by atoms with Crippen LogP contribution in [0, 0.1) is 18.3 Å². The van der Waals surface area contributed by atoms with E-state index in [1.807, 2.05) is 54.1 Å². The molecule has 4 aromatic rings.